The molecular formula is C13H12BrFN2O. The van der Waals surface area contributed by atoms with Crippen LogP contribution >= 0.6 is 15.9 Å². The molecule has 2 rings (SSSR count). The summed E-state index contributed by atoms with van der Waals surface area (Å²) in [5.41, 5.74) is 7.17. The number of methoxy groups -OCH3 is 1. The van der Waals surface area contributed by atoms with Gasteiger partial charge in [-0.25, -0.2) is 4.39 Å². The Labute approximate surface area is 113 Å². The highest BCUT2D eigenvalue weighted by Crippen LogP contribution is 2.27. The number of halogens is 2. The highest BCUT2D eigenvalue weighted by molar-refractivity contribution is 9.10. The molecule has 0 saturated heterocycles. The summed E-state index contributed by atoms with van der Waals surface area (Å²) in [5, 5.41) is 0. The first-order valence-electron chi connectivity index (χ1n) is 5.32. The molecule has 5 heteroatoms. The Morgan fingerprint density at radius 1 is 1.39 bits per heavy atom. The van der Waals surface area contributed by atoms with E-state index in [-0.39, 0.29) is 5.82 Å². The molecule has 0 fully saturated rings. The van der Waals surface area contributed by atoms with Crippen LogP contribution in [0.5, 0.6) is 5.75 Å². The second kappa shape index (κ2) is 5.46. The summed E-state index contributed by atoms with van der Waals surface area (Å²) in [6.07, 6.45) is 3.18. The van der Waals surface area contributed by atoms with Crippen molar-refractivity contribution < 1.29 is 9.13 Å². The van der Waals surface area contributed by atoms with Gasteiger partial charge < -0.3 is 10.5 Å². The Kier molecular flexibility index (Phi) is 3.93. The van der Waals surface area contributed by atoms with Crippen molar-refractivity contribution in [3.63, 3.8) is 0 Å². The molecule has 2 N–H and O–H groups in total. The Hall–Kier alpha value is -1.46. The van der Waals surface area contributed by atoms with Crippen molar-refractivity contribution >= 4 is 15.9 Å². The van der Waals surface area contributed by atoms with Gasteiger partial charge in [0.2, 0.25) is 0 Å². The normalized spacial score (nSPS) is 12.2. The first kappa shape index (κ1) is 13.0. The quantitative estimate of drug-likeness (QED) is 0.948. The van der Waals surface area contributed by atoms with Gasteiger partial charge in [-0.15, -0.1) is 0 Å². The van der Waals surface area contributed by atoms with Crippen LogP contribution in [0.25, 0.3) is 0 Å². The van der Waals surface area contributed by atoms with Crippen molar-refractivity contribution in [3.05, 3.63) is 58.1 Å². The fourth-order valence-corrected chi connectivity index (χ4v) is 2.04. The van der Waals surface area contributed by atoms with Crippen LogP contribution in [0.1, 0.15) is 17.2 Å². The van der Waals surface area contributed by atoms with E-state index in [2.05, 4.69) is 20.9 Å². The lowest BCUT2D eigenvalue weighted by atomic mass is 10.0. The molecule has 2 aromatic rings. The molecule has 1 heterocycles. The predicted octanol–water partition coefficient (Wildman–Crippen LogP) is 3.04. The molecule has 0 aliphatic heterocycles. The van der Waals surface area contributed by atoms with Gasteiger partial charge in [-0.2, -0.15) is 0 Å². The Balaban J connectivity index is 2.41. The van der Waals surface area contributed by atoms with Crippen molar-refractivity contribution in [2.24, 2.45) is 5.73 Å². The van der Waals surface area contributed by atoms with E-state index in [0.717, 1.165) is 0 Å². The predicted molar refractivity (Wildman–Crippen MR) is 70.9 cm³/mol. The second-order valence-corrected chi connectivity index (χ2v) is 4.63. The number of nitrogens with zero attached hydrogens (tertiary/aromatic N) is 1. The number of nitrogens with two attached hydrogens (primary N) is 1. The number of benzene rings is 1. The minimum atomic E-state index is -0.579. The fraction of sp³-hybridized carbons (Fsp3) is 0.154. The third-order valence-corrected chi connectivity index (χ3v) is 3.26. The zero-order valence-electron chi connectivity index (χ0n) is 9.73. The van der Waals surface area contributed by atoms with Gasteiger partial charge in [-0.05, 0) is 33.6 Å². The molecule has 1 aromatic carbocycles. The number of hydrogen-bond donors (Lipinski definition) is 1. The van der Waals surface area contributed by atoms with Gasteiger partial charge in [0.05, 0.1) is 23.8 Å². The number of ether oxygens (including phenoxy) is 1. The molecule has 0 aliphatic rings. The van der Waals surface area contributed by atoms with Gasteiger partial charge in [0.1, 0.15) is 11.6 Å². The van der Waals surface area contributed by atoms with E-state index in [0.29, 0.717) is 21.3 Å². The number of aromatic nitrogens is 1. The van der Waals surface area contributed by atoms with E-state index in [4.69, 9.17) is 10.5 Å². The van der Waals surface area contributed by atoms with Crippen molar-refractivity contribution in [2.45, 2.75) is 6.04 Å². The van der Waals surface area contributed by atoms with Crippen LogP contribution in [0.3, 0.4) is 0 Å². The van der Waals surface area contributed by atoms with Gasteiger partial charge in [0.25, 0.3) is 0 Å². The number of hydrogen-bond acceptors (Lipinski definition) is 3. The molecule has 1 unspecified atom stereocenters. The molecule has 0 aliphatic carbocycles. The molecule has 0 radical (unpaired) electrons. The average Bonchev–Trinajstić information content (AvgIpc) is 2.41. The second-order valence-electron chi connectivity index (χ2n) is 3.78. The summed E-state index contributed by atoms with van der Waals surface area (Å²) in [6, 6.07) is 6.21. The minimum Gasteiger partial charge on any atom is -0.495 e. The average molecular weight is 311 g/mol. The van der Waals surface area contributed by atoms with Crippen LogP contribution in [-0.2, 0) is 0 Å². The minimum absolute atomic E-state index is 0.354. The topological polar surface area (TPSA) is 48.1 Å². The molecule has 1 aromatic heterocycles. The Bertz CT molecular complexity index is 562. The van der Waals surface area contributed by atoms with Gasteiger partial charge in [-0.1, -0.05) is 12.1 Å². The third kappa shape index (κ3) is 2.52. The van der Waals surface area contributed by atoms with Crippen LogP contribution in [0.15, 0.2) is 41.1 Å². The summed E-state index contributed by atoms with van der Waals surface area (Å²) in [4.78, 5) is 4.01. The van der Waals surface area contributed by atoms with Gasteiger partial charge >= 0.3 is 0 Å². The highest BCUT2D eigenvalue weighted by atomic mass is 79.9. The molecule has 0 saturated carbocycles. The lowest BCUT2D eigenvalue weighted by molar-refractivity contribution is 0.412. The van der Waals surface area contributed by atoms with Crippen LogP contribution < -0.4 is 10.5 Å². The first-order chi connectivity index (χ1) is 8.63. The van der Waals surface area contributed by atoms with Crippen LogP contribution in [0.2, 0.25) is 0 Å². The molecule has 0 spiro atoms. The maximum atomic E-state index is 13.9. The first-order valence-corrected chi connectivity index (χ1v) is 6.11. The highest BCUT2D eigenvalue weighted by Gasteiger charge is 2.16. The Morgan fingerprint density at radius 3 is 2.89 bits per heavy atom. The van der Waals surface area contributed by atoms with E-state index in [1.165, 1.54) is 0 Å². The molecule has 0 bridgehead atoms. The van der Waals surface area contributed by atoms with E-state index >= 15 is 0 Å². The van der Waals surface area contributed by atoms with Crippen molar-refractivity contribution in [3.8, 4) is 5.75 Å². The van der Waals surface area contributed by atoms with Crippen LogP contribution in [0, 0.1) is 5.82 Å². The van der Waals surface area contributed by atoms with Gasteiger partial charge in [0.15, 0.2) is 0 Å². The summed E-state index contributed by atoms with van der Waals surface area (Å²) in [6.45, 7) is 0. The molecular weight excluding hydrogens is 299 g/mol. The zero-order valence-corrected chi connectivity index (χ0v) is 11.3. The lowest BCUT2D eigenvalue weighted by Gasteiger charge is -2.14. The summed E-state index contributed by atoms with van der Waals surface area (Å²) in [5.74, 6) is 0.242. The molecule has 1 atom stereocenters. The maximum absolute atomic E-state index is 13.9. The van der Waals surface area contributed by atoms with E-state index in [1.54, 1.807) is 43.8 Å². The Morgan fingerprint density at radius 2 is 2.17 bits per heavy atom. The molecule has 18 heavy (non-hydrogen) atoms. The fourth-order valence-electron chi connectivity index (χ4n) is 1.66. The van der Waals surface area contributed by atoms with Crippen molar-refractivity contribution in [1.82, 2.24) is 4.98 Å². The van der Waals surface area contributed by atoms with Crippen LogP contribution in [0.4, 0.5) is 4.39 Å². The number of rotatable bonds is 3. The van der Waals surface area contributed by atoms with E-state index in [9.17, 15) is 4.39 Å². The lowest BCUT2D eigenvalue weighted by Crippen LogP contribution is -2.14. The maximum Gasteiger partial charge on any atom is 0.142 e. The molecule has 3 nitrogen and oxygen atoms in total. The van der Waals surface area contributed by atoms with E-state index in [1.807, 2.05) is 0 Å². The van der Waals surface area contributed by atoms with Crippen molar-refractivity contribution in [2.75, 3.05) is 7.11 Å². The SMILES string of the molecule is COc1cncc(C(N)c2cccc(Br)c2F)c1. The zero-order chi connectivity index (χ0) is 13.1. The summed E-state index contributed by atoms with van der Waals surface area (Å²) in [7, 11) is 1.55. The summed E-state index contributed by atoms with van der Waals surface area (Å²) >= 11 is 3.14. The van der Waals surface area contributed by atoms with Crippen LogP contribution in [-0.4, -0.2) is 12.1 Å². The smallest absolute Gasteiger partial charge is 0.142 e. The van der Waals surface area contributed by atoms with Gasteiger partial charge in [-0.3, -0.25) is 4.98 Å². The van der Waals surface area contributed by atoms with Crippen molar-refractivity contribution in [1.29, 1.82) is 0 Å². The standard InChI is InChI=1S/C13H12BrFN2O/c1-18-9-5-8(6-17-7-9)13(16)10-3-2-4-11(14)12(10)15/h2-7,13H,16H2,1H3. The largest absolute Gasteiger partial charge is 0.495 e. The monoisotopic (exact) mass is 310 g/mol. The molecule has 0 amide bonds. The van der Waals surface area contributed by atoms with E-state index < -0.39 is 6.04 Å². The molecule has 94 valence electrons. The summed E-state index contributed by atoms with van der Waals surface area (Å²) < 4.78 is 19.4. The number of pyridine rings is 1. The van der Waals surface area contributed by atoms with Gasteiger partial charge in [0, 0.05) is 11.8 Å². The third-order valence-electron chi connectivity index (χ3n) is 2.65.